The summed E-state index contributed by atoms with van der Waals surface area (Å²) in [6.45, 7) is 1.95. The number of nitrogens with one attached hydrogen (secondary N) is 1. The fourth-order valence-corrected chi connectivity index (χ4v) is 5.14. The van der Waals surface area contributed by atoms with Gasteiger partial charge in [0.1, 0.15) is 16.7 Å². The number of carbonyl (C=O) groups excluding carboxylic acids is 2. The number of nitriles is 1. The minimum Gasteiger partial charge on any atom is -0.321 e. The molecule has 1 unspecified atom stereocenters. The summed E-state index contributed by atoms with van der Waals surface area (Å²) in [6.07, 6.45) is 0.367. The molecule has 1 N–H and O–H groups in total. The van der Waals surface area contributed by atoms with E-state index in [1.807, 2.05) is 37.3 Å². The van der Waals surface area contributed by atoms with Crippen LogP contribution in [-0.2, 0) is 16.0 Å². The molecule has 1 saturated heterocycles. The van der Waals surface area contributed by atoms with Crippen molar-refractivity contribution in [2.24, 2.45) is 0 Å². The number of hydrogen-bond acceptors (Lipinski definition) is 4. The number of anilines is 2. The number of benzene rings is 3. The summed E-state index contributed by atoms with van der Waals surface area (Å²) in [7, 11) is 0. The van der Waals surface area contributed by atoms with E-state index >= 15 is 0 Å². The van der Waals surface area contributed by atoms with Gasteiger partial charge in [-0.15, -0.1) is 0 Å². The molecule has 2 amide bonds. The zero-order valence-electron chi connectivity index (χ0n) is 18.1. The molecule has 0 radical (unpaired) electrons. The van der Waals surface area contributed by atoms with Gasteiger partial charge in [-0.05, 0) is 55.3 Å². The van der Waals surface area contributed by atoms with Gasteiger partial charge in [-0.2, -0.15) is 5.26 Å². The number of halogens is 2. The van der Waals surface area contributed by atoms with Crippen LogP contribution in [0.15, 0.2) is 83.4 Å². The number of thioether (sulfide) groups is 1. The lowest BCUT2D eigenvalue weighted by molar-refractivity contribution is -0.117. The quantitative estimate of drug-likeness (QED) is 0.321. The summed E-state index contributed by atoms with van der Waals surface area (Å²) in [5.74, 6) is -0.786. The number of amides is 2. The van der Waals surface area contributed by atoms with Crippen LogP contribution >= 0.6 is 35.0 Å². The van der Waals surface area contributed by atoms with Gasteiger partial charge in [-0.3, -0.25) is 14.5 Å². The molecule has 3 aromatic rings. The molecule has 8 heteroatoms. The molecular formula is C26H19Cl2N3O2S. The van der Waals surface area contributed by atoms with Crippen molar-refractivity contribution in [2.75, 3.05) is 10.2 Å². The molecule has 170 valence electrons. The molecule has 0 saturated carbocycles. The van der Waals surface area contributed by atoms with E-state index in [4.69, 9.17) is 23.2 Å². The van der Waals surface area contributed by atoms with Gasteiger partial charge in [0.15, 0.2) is 0 Å². The summed E-state index contributed by atoms with van der Waals surface area (Å²) >= 11 is 13.4. The second-order valence-electron chi connectivity index (χ2n) is 7.68. The zero-order chi connectivity index (χ0) is 24.2. The SMILES string of the molecule is Cc1ccc(NC(=O)/C(C#N)=C2\SC(Cc3ccc(Cl)c(Cl)c3)C(=O)N2c2ccccc2)cc1. The summed E-state index contributed by atoms with van der Waals surface area (Å²) in [5.41, 5.74) is 2.91. The monoisotopic (exact) mass is 507 g/mol. The molecule has 4 rings (SSSR count). The Labute approximate surface area is 212 Å². The first-order chi connectivity index (χ1) is 16.4. The topological polar surface area (TPSA) is 73.2 Å². The highest BCUT2D eigenvalue weighted by molar-refractivity contribution is 8.05. The van der Waals surface area contributed by atoms with Gasteiger partial charge in [0.2, 0.25) is 5.91 Å². The molecular weight excluding hydrogens is 489 g/mol. The zero-order valence-corrected chi connectivity index (χ0v) is 20.4. The predicted molar refractivity (Wildman–Crippen MR) is 138 cm³/mol. The van der Waals surface area contributed by atoms with Crippen LogP contribution in [-0.4, -0.2) is 17.1 Å². The van der Waals surface area contributed by atoms with Crippen LogP contribution in [0.5, 0.6) is 0 Å². The fraction of sp³-hybridized carbons (Fsp3) is 0.115. The van der Waals surface area contributed by atoms with Crippen molar-refractivity contribution in [1.29, 1.82) is 5.26 Å². The smallest absolute Gasteiger partial charge is 0.269 e. The second-order valence-corrected chi connectivity index (χ2v) is 9.69. The van der Waals surface area contributed by atoms with Crippen LogP contribution in [0.3, 0.4) is 0 Å². The van der Waals surface area contributed by atoms with Crippen molar-refractivity contribution in [3.05, 3.63) is 105 Å². The summed E-state index contributed by atoms with van der Waals surface area (Å²) in [4.78, 5) is 28.0. The van der Waals surface area contributed by atoms with E-state index in [0.29, 0.717) is 32.9 Å². The summed E-state index contributed by atoms with van der Waals surface area (Å²) in [6, 6.07) is 23.5. The number of hydrogen-bond donors (Lipinski definition) is 1. The highest BCUT2D eigenvalue weighted by atomic mass is 35.5. The van der Waals surface area contributed by atoms with Gasteiger partial charge >= 0.3 is 0 Å². The third kappa shape index (κ3) is 5.13. The molecule has 1 heterocycles. The summed E-state index contributed by atoms with van der Waals surface area (Å²) in [5, 5.41) is 13.3. The van der Waals surface area contributed by atoms with Gasteiger partial charge in [-0.25, -0.2) is 0 Å². The largest absolute Gasteiger partial charge is 0.321 e. The molecule has 0 aliphatic carbocycles. The van der Waals surface area contributed by atoms with Gasteiger partial charge in [-0.1, -0.05) is 76.9 Å². The van der Waals surface area contributed by atoms with Gasteiger partial charge in [0, 0.05) is 11.4 Å². The Bertz CT molecular complexity index is 1320. The molecule has 3 aromatic carbocycles. The lowest BCUT2D eigenvalue weighted by Gasteiger charge is -2.18. The normalized spacial score (nSPS) is 16.8. The number of nitrogens with zero attached hydrogens (tertiary/aromatic N) is 2. The molecule has 0 spiro atoms. The van der Waals surface area contributed by atoms with Crippen molar-refractivity contribution >= 4 is 58.2 Å². The van der Waals surface area contributed by atoms with E-state index < -0.39 is 11.2 Å². The van der Waals surface area contributed by atoms with Crippen LogP contribution in [0.1, 0.15) is 11.1 Å². The van der Waals surface area contributed by atoms with Gasteiger partial charge in [0.05, 0.1) is 15.3 Å². The maximum Gasteiger partial charge on any atom is 0.269 e. The van der Waals surface area contributed by atoms with Crippen LogP contribution in [0, 0.1) is 18.3 Å². The Balaban J connectivity index is 1.70. The van der Waals surface area contributed by atoms with Crippen LogP contribution < -0.4 is 10.2 Å². The van der Waals surface area contributed by atoms with E-state index in [1.54, 1.807) is 48.5 Å². The van der Waals surface area contributed by atoms with Crippen molar-refractivity contribution in [2.45, 2.75) is 18.6 Å². The predicted octanol–water partition coefficient (Wildman–Crippen LogP) is 6.37. The number of rotatable bonds is 5. The fourth-order valence-electron chi connectivity index (χ4n) is 3.51. The van der Waals surface area contributed by atoms with E-state index in [9.17, 15) is 14.9 Å². The highest BCUT2D eigenvalue weighted by Gasteiger charge is 2.40. The third-order valence-electron chi connectivity index (χ3n) is 5.23. The molecule has 0 aromatic heterocycles. The molecule has 1 atom stereocenters. The summed E-state index contributed by atoms with van der Waals surface area (Å²) < 4.78 is 0. The molecule has 1 aliphatic heterocycles. The van der Waals surface area contributed by atoms with Crippen LogP contribution in [0.2, 0.25) is 10.0 Å². The lowest BCUT2D eigenvalue weighted by atomic mass is 10.1. The average molecular weight is 508 g/mol. The Morgan fingerprint density at radius 2 is 1.76 bits per heavy atom. The first-order valence-electron chi connectivity index (χ1n) is 10.4. The van der Waals surface area contributed by atoms with Crippen molar-refractivity contribution in [3.63, 3.8) is 0 Å². The van der Waals surface area contributed by atoms with E-state index in [2.05, 4.69) is 5.32 Å². The van der Waals surface area contributed by atoms with E-state index in [0.717, 1.165) is 11.1 Å². The number of aryl methyl sites for hydroxylation is 1. The van der Waals surface area contributed by atoms with Crippen molar-refractivity contribution in [1.82, 2.24) is 0 Å². The molecule has 1 fully saturated rings. The van der Waals surface area contributed by atoms with Gasteiger partial charge < -0.3 is 5.32 Å². The molecule has 0 bridgehead atoms. The van der Waals surface area contributed by atoms with Gasteiger partial charge in [0.25, 0.3) is 5.91 Å². The van der Waals surface area contributed by atoms with E-state index in [-0.39, 0.29) is 11.5 Å². The first kappa shape index (κ1) is 23.9. The molecule has 34 heavy (non-hydrogen) atoms. The Kier molecular flexibility index (Phi) is 7.28. The molecule has 1 aliphatic rings. The van der Waals surface area contributed by atoms with E-state index in [1.165, 1.54) is 16.7 Å². The maximum atomic E-state index is 13.5. The number of para-hydroxylation sites is 1. The Morgan fingerprint density at radius 1 is 1.06 bits per heavy atom. The average Bonchev–Trinajstić information content (AvgIpc) is 3.14. The Hall–Kier alpha value is -3.24. The minimum absolute atomic E-state index is 0.126. The van der Waals surface area contributed by atoms with Crippen molar-refractivity contribution in [3.8, 4) is 6.07 Å². The Morgan fingerprint density at radius 3 is 2.41 bits per heavy atom. The lowest BCUT2D eigenvalue weighted by Crippen LogP contribution is -2.30. The van der Waals surface area contributed by atoms with Crippen LogP contribution in [0.4, 0.5) is 11.4 Å². The maximum absolute atomic E-state index is 13.5. The second kappa shape index (κ2) is 10.4. The third-order valence-corrected chi connectivity index (χ3v) is 7.24. The van der Waals surface area contributed by atoms with Crippen molar-refractivity contribution < 1.29 is 9.59 Å². The molecule has 5 nitrogen and oxygen atoms in total. The first-order valence-corrected chi connectivity index (χ1v) is 12.0. The van der Waals surface area contributed by atoms with Crippen LogP contribution in [0.25, 0.3) is 0 Å². The number of carbonyl (C=O) groups is 2. The standard InChI is InChI=1S/C26H19Cl2N3O2S/c1-16-7-10-18(11-8-16)30-24(32)20(15-29)26-31(19-5-3-2-4-6-19)25(33)23(34-26)14-17-9-12-21(27)22(28)13-17/h2-13,23H,14H2,1H3,(H,30,32)/b26-20-. The highest BCUT2D eigenvalue weighted by Crippen LogP contribution is 2.42. The minimum atomic E-state index is -0.572.